The van der Waals surface area contributed by atoms with Gasteiger partial charge in [-0.05, 0) is 23.6 Å². The average Bonchev–Trinajstić information content (AvgIpc) is 2.20. The molecule has 1 nitrogen and oxygen atoms in total. The van der Waals surface area contributed by atoms with E-state index >= 15 is 0 Å². The fraction of sp³-hybridized carbons (Fsp3) is 0.500. The number of aliphatic hydroxyl groups excluding tert-OH is 1. The minimum absolute atomic E-state index is 0.259. The molecule has 1 N–H and O–H groups in total. The molecule has 0 radical (unpaired) electrons. The SMILES string of the molecule is CCC(CC)C(O)c1ccc(F)cc1. The Bertz CT molecular complexity index is 264. The third-order valence-corrected chi connectivity index (χ3v) is 2.71. The Balaban J connectivity index is 2.77. The van der Waals surface area contributed by atoms with Crippen molar-refractivity contribution in [1.82, 2.24) is 0 Å². The minimum atomic E-state index is -0.467. The highest BCUT2D eigenvalue weighted by Gasteiger charge is 2.16. The Morgan fingerprint density at radius 1 is 1.14 bits per heavy atom. The highest BCUT2D eigenvalue weighted by Crippen LogP contribution is 2.26. The summed E-state index contributed by atoms with van der Waals surface area (Å²) in [6.45, 7) is 4.11. The van der Waals surface area contributed by atoms with E-state index in [1.807, 2.05) is 0 Å². The minimum Gasteiger partial charge on any atom is -0.388 e. The molecule has 0 bridgehead atoms. The van der Waals surface area contributed by atoms with E-state index in [1.54, 1.807) is 12.1 Å². The summed E-state index contributed by atoms with van der Waals surface area (Å²) in [5.41, 5.74) is 0.806. The van der Waals surface area contributed by atoms with Crippen molar-refractivity contribution in [3.8, 4) is 0 Å². The molecule has 14 heavy (non-hydrogen) atoms. The summed E-state index contributed by atoms with van der Waals surface area (Å²) in [5, 5.41) is 9.95. The second-order valence-electron chi connectivity index (χ2n) is 3.57. The van der Waals surface area contributed by atoms with Crippen LogP contribution in [0.4, 0.5) is 4.39 Å². The van der Waals surface area contributed by atoms with Gasteiger partial charge in [0.05, 0.1) is 6.10 Å². The zero-order valence-electron chi connectivity index (χ0n) is 8.70. The maximum atomic E-state index is 12.6. The molecule has 1 rings (SSSR count). The number of halogens is 1. The van der Waals surface area contributed by atoms with Crippen molar-refractivity contribution in [2.45, 2.75) is 32.8 Å². The summed E-state index contributed by atoms with van der Waals surface area (Å²) in [5.74, 6) is 0.00552. The summed E-state index contributed by atoms with van der Waals surface area (Å²) in [4.78, 5) is 0. The van der Waals surface area contributed by atoms with E-state index in [1.165, 1.54) is 12.1 Å². The predicted molar refractivity (Wildman–Crippen MR) is 55.4 cm³/mol. The first-order valence-corrected chi connectivity index (χ1v) is 5.12. The van der Waals surface area contributed by atoms with Crippen LogP contribution in [0.1, 0.15) is 38.4 Å². The lowest BCUT2D eigenvalue weighted by molar-refractivity contribution is 0.103. The molecule has 0 saturated heterocycles. The molecular formula is C12H17FO. The number of hydrogen-bond acceptors (Lipinski definition) is 1. The number of hydrogen-bond donors (Lipinski definition) is 1. The van der Waals surface area contributed by atoms with Gasteiger partial charge in [0.1, 0.15) is 5.82 Å². The largest absolute Gasteiger partial charge is 0.388 e. The molecule has 1 unspecified atom stereocenters. The zero-order chi connectivity index (χ0) is 10.6. The Hall–Kier alpha value is -0.890. The topological polar surface area (TPSA) is 20.2 Å². The third-order valence-electron chi connectivity index (χ3n) is 2.71. The molecule has 78 valence electrons. The van der Waals surface area contributed by atoms with Gasteiger partial charge in [-0.25, -0.2) is 4.39 Å². The summed E-state index contributed by atoms with van der Waals surface area (Å²) < 4.78 is 12.6. The van der Waals surface area contributed by atoms with Gasteiger partial charge in [-0.1, -0.05) is 38.8 Å². The van der Waals surface area contributed by atoms with Gasteiger partial charge in [-0.2, -0.15) is 0 Å². The van der Waals surface area contributed by atoms with E-state index in [9.17, 15) is 9.50 Å². The molecule has 0 aliphatic heterocycles. The lowest BCUT2D eigenvalue weighted by Crippen LogP contribution is -2.10. The Morgan fingerprint density at radius 2 is 1.64 bits per heavy atom. The van der Waals surface area contributed by atoms with Gasteiger partial charge < -0.3 is 5.11 Å². The molecule has 1 aromatic rings. The number of aliphatic hydroxyl groups is 1. The van der Waals surface area contributed by atoms with Crippen LogP contribution in [0, 0.1) is 11.7 Å². The van der Waals surface area contributed by atoms with Crippen LogP contribution in [-0.4, -0.2) is 5.11 Å². The first-order valence-electron chi connectivity index (χ1n) is 5.12. The molecule has 0 aliphatic rings. The van der Waals surface area contributed by atoms with Crippen LogP contribution in [0.3, 0.4) is 0 Å². The lowest BCUT2D eigenvalue weighted by Gasteiger charge is -2.20. The van der Waals surface area contributed by atoms with E-state index < -0.39 is 6.10 Å². The van der Waals surface area contributed by atoms with Gasteiger partial charge in [0, 0.05) is 0 Å². The second kappa shape index (κ2) is 5.11. The van der Waals surface area contributed by atoms with E-state index in [0.717, 1.165) is 18.4 Å². The molecule has 1 atom stereocenters. The van der Waals surface area contributed by atoms with E-state index in [0.29, 0.717) is 0 Å². The van der Waals surface area contributed by atoms with Gasteiger partial charge in [0.15, 0.2) is 0 Å². The third kappa shape index (κ3) is 2.55. The monoisotopic (exact) mass is 196 g/mol. The summed E-state index contributed by atoms with van der Waals surface area (Å²) >= 11 is 0. The van der Waals surface area contributed by atoms with Crippen LogP contribution in [0.25, 0.3) is 0 Å². The van der Waals surface area contributed by atoms with E-state index in [4.69, 9.17) is 0 Å². The molecule has 0 spiro atoms. The van der Waals surface area contributed by atoms with Crippen molar-refractivity contribution in [1.29, 1.82) is 0 Å². The van der Waals surface area contributed by atoms with Crippen LogP contribution in [0.15, 0.2) is 24.3 Å². The first kappa shape index (κ1) is 11.2. The van der Waals surface area contributed by atoms with Crippen LogP contribution in [0.5, 0.6) is 0 Å². The summed E-state index contributed by atoms with van der Waals surface area (Å²) in [7, 11) is 0. The van der Waals surface area contributed by atoms with Crippen LogP contribution >= 0.6 is 0 Å². The van der Waals surface area contributed by atoms with Gasteiger partial charge in [-0.15, -0.1) is 0 Å². The highest BCUT2D eigenvalue weighted by molar-refractivity contribution is 5.19. The van der Waals surface area contributed by atoms with E-state index in [-0.39, 0.29) is 11.7 Å². The maximum Gasteiger partial charge on any atom is 0.123 e. The maximum absolute atomic E-state index is 12.6. The van der Waals surface area contributed by atoms with Crippen molar-refractivity contribution >= 4 is 0 Å². The molecule has 0 amide bonds. The standard InChI is InChI=1S/C12H17FO/c1-3-9(4-2)12(14)10-5-7-11(13)8-6-10/h5-9,12,14H,3-4H2,1-2H3. The van der Waals surface area contributed by atoms with Crippen molar-refractivity contribution in [3.63, 3.8) is 0 Å². The molecule has 0 fully saturated rings. The molecule has 0 aromatic heterocycles. The summed E-state index contributed by atoms with van der Waals surface area (Å²) in [6.07, 6.45) is 1.41. The van der Waals surface area contributed by atoms with Crippen molar-refractivity contribution in [2.24, 2.45) is 5.92 Å². The predicted octanol–water partition coefficient (Wildman–Crippen LogP) is 3.30. The van der Waals surface area contributed by atoms with Gasteiger partial charge in [0.25, 0.3) is 0 Å². The van der Waals surface area contributed by atoms with Gasteiger partial charge in [0.2, 0.25) is 0 Å². The Labute approximate surface area is 84.6 Å². The van der Waals surface area contributed by atoms with Crippen molar-refractivity contribution in [3.05, 3.63) is 35.6 Å². The van der Waals surface area contributed by atoms with Crippen LogP contribution < -0.4 is 0 Å². The second-order valence-corrected chi connectivity index (χ2v) is 3.57. The fourth-order valence-electron chi connectivity index (χ4n) is 1.67. The average molecular weight is 196 g/mol. The number of rotatable bonds is 4. The van der Waals surface area contributed by atoms with Crippen LogP contribution in [0.2, 0.25) is 0 Å². The molecule has 0 heterocycles. The highest BCUT2D eigenvalue weighted by atomic mass is 19.1. The lowest BCUT2D eigenvalue weighted by atomic mass is 9.91. The van der Waals surface area contributed by atoms with Crippen molar-refractivity contribution < 1.29 is 9.50 Å². The fourth-order valence-corrected chi connectivity index (χ4v) is 1.67. The quantitative estimate of drug-likeness (QED) is 0.783. The van der Waals surface area contributed by atoms with Gasteiger partial charge in [-0.3, -0.25) is 0 Å². The first-order chi connectivity index (χ1) is 6.69. The molecule has 1 aromatic carbocycles. The Kier molecular flexibility index (Phi) is 4.08. The molecule has 2 heteroatoms. The molecular weight excluding hydrogens is 179 g/mol. The molecule has 0 aliphatic carbocycles. The van der Waals surface area contributed by atoms with Gasteiger partial charge >= 0.3 is 0 Å². The van der Waals surface area contributed by atoms with Crippen LogP contribution in [-0.2, 0) is 0 Å². The smallest absolute Gasteiger partial charge is 0.123 e. The normalized spacial score (nSPS) is 13.2. The van der Waals surface area contributed by atoms with E-state index in [2.05, 4.69) is 13.8 Å². The molecule has 0 saturated carbocycles. The zero-order valence-corrected chi connectivity index (χ0v) is 8.70. The van der Waals surface area contributed by atoms with Crippen molar-refractivity contribution in [2.75, 3.05) is 0 Å². The number of benzene rings is 1. The Morgan fingerprint density at radius 3 is 2.07 bits per heavy atom. The summed E-state index contributed by atoms with van der Waals surface area (Å²) in [6, 6.07) is 6.08.